The number of aromatic nitrogens is 2. The summed E-state index contributed by atoms with van der Waals surface area (Å²) in [5.41, 5.74) is -0.527. The number of amides is 1. The molecule has 1 saturated heterocycles. The Labute approximate surface area is 239 Å². The van der Waals surface area contributed by atoms with Gasteiger partial charge in [0.15, 0.2) is 6.10 Å². The maximum absolute atomic E-state index is 13.1. The molecule has 0 aliphatic carbocycles. The van der Waals surface area contributed by atoms with E-state index in [9.17, 15) is 22.8 Å². The van der Waals surface area contributed by atoms with Crippen molar-refractivity contribution < 1.29 is 22.8 Å². The van der Waals surface area contributed by atoms with Crippen molar-refractivity contribution in [2.24, 2.45) is 5.16 Å². The second-order valence-electron chi connectivity index (χ2n) is 9.23. The van der Waals surface area contributed by atoms with E-state index in [4.69, 9.17) is 44.6 Å². The summed E-state index contributed by atoms with van der Waals surface area (Å²) in [7, 11) is 0. The molecule has 0 spiro atoms. The summed E-state index contributed by atoms with van der Waals surface area (Å²) in [5, 5.41) is 7.85. The molecule has 206 valence electrons. The number of rotatable bonds is 5. The van der Waals surface area contributed by atoms with E-state index >= 15 is 0 Å². The molecule has 7 nitrogen and oxygen atoms in total. The number of hydrogen-bond donors (Lipinski definition) is 0. The Morgan fingerprint density at radius 2 is 1.87 bits per heavy atom. The third-order valence-corrected chi connectivity index (χ3v) is 8.45. The lowest BCUT2D eigenvalue weighted by Gasteiger charge is -2.31. The fraction of sp³-hybridized carbons (Fsp3) is 0.360. The number of carbonyl (C=O) groups excluding carboxylic acids is 1. The van der Waals surface area contributed by atoms with E-state index in [1.165, 1.54) is 11.3 Å². The van der Waals surface area contributed by atoms with Gasteiger partial charge in [-0.05, 0) is 37.1 Å². The normalized spacial score (nSPS) is 18.3. The topological polar surface area (TPSA) is 76.8 Å². The van der Waals surface area contributed by atoms with Crippen molar-refractivity contribution in [1.82, 2.24) is 14.5 Å². The molecular formula is C25H20Cl3F3N4O3S. The number of pyridine rings is 1. The van der Waals surface area contributed by atoms with Crippen LogP contribution in [0.25, 0.3) is 0 Å². The van der Waals surface area contributed by atoms with E-state index in [2.05, 4.69) is 5.16 Å². The van der Waals surface area contributed by atoms with Crippen molar-refractivity contribution in [1.29, 1.82) is 0 Å². The van der Waals surface area contributed by atoms with Gasteiger partial charge >= 0.3 is 6.18 Å². The maximum Gasteiger partial charge on any atom is 0.421 e. The summed E-state index contributed by atoms with van der Waals surface area (Å²) >= 11 is 19.7. The first-order valence-corrected chi connectivity index (χ1v) is 13.9. The molecule has 1 amide bonds. The van der Waals surface area contributed by atoms with Crippen LogP contribution in [0.2, 0.25) is 15.1 Å². The summed E-state index contributed by atoms with van der Waals surface area (Å²) in [6.45, 7) is 0.255. The quantitative estimate of drug-likeness (QED) is 0.324. The zero-order chi connectivity index (χ0) is 27.9. The number of thiazole rings is 1. The highest BCUT2D eigenvalue weighted by Crippen LogP contribution is 2.37. The van der Waals surface area contributed by atoms with Crippen LogP contribution in [0.1, 0.15) is 53.1 Å². The standard InChI is InChI=1S/C25H20Cl3F3N4O3S/c26-14-1-2-18(28)16(7-14)21-9-19(33-38-21)20-12-39-23(32-20)13-3-5-34(6-4-13)22(36)11-35-10-15(27)8-17(24(35)37)25(29,30)31/h1-2,7-8,10,12-13,21H,3-6,9,11H2. The largest absolute Gasteiger partial charge is 0.421 e. The van der Waals surface area contributed by atoms with Crippen LogP contribution in [-0.2, 0) is 22.4 Å². The maximum atomic E-state index is 13.1. The number of oxime groups is 1. The second kappa shape index (κ2) is 11.1. The monoisotopic (exact) mass is 618 g/mol. The van der Waals surface area contributed by atoms with Gasteiger partial charge in [0, 0.05) is 52.6 Å². The van der Waals surface area contributed by atoms with E-state index in [0.29, 0.717) is 58.7 Å². The fourth-order valence-electron chi connectivity index (χ4n) is 4.61. The SMILES string of the molecule is O=C(Cn1cc(Cl)cc(C(F)(F)F)c1=O)N1CCC(c2nc(C3=NOC(c4cc(Cl)ccc4Cl)C3)cs2)CC1. The van der Waals surface area contributed by atoms with Gasteiger partial charge < -0.3 is 14.3 Å². The van der Waals surface area contributed by atoms with Gasteiger partial charge in [-0.3, -0.25) is 9.59 Å². The summed E-state index contributed by atoms with van der Waals surface area (Å²) in [6.07, 6.45) is -2.43. The Morgan fingerprint density at radius 1 is 1.13 bits per heavy atom. The molecule has 1 aromatic carbocycles. The minimum Gasteiger partial charge on any atom is -0.387 e. The molecule has 1 unspecified atom stereocenters. The first-order chi connectivity index (χ1) is 18.5. The van der Waals surface area contributed by atoms with Crippen LogP contribution >= 0.6 is 46.1 Å². The molecule has 0 N–H and O–H groups in total. The Kier molecular flexibility index (Phi) is 7.96. The Morgan fingerprint density at radius 3 is 2.59 bits per heavy atom. The average Bonchev–Trinajstić information content (AvgIpc) is 3.57. The van der Waals surface area contributed by atoms with Crippen molar-refractivity contribution in [2.75, 3.05) is 13.1 Å². The molecule has 5 rings (SSSR count). The summed E-state index contributed by atoms with van der Waals surface area (Å²) in [5.74, 6) is -0.339. The molecule has 2 aliphatic rings. The highest BCUT2D eigenvalue weighted by Gasteiger charge is 2.35. The van der Waals surface area contributed by atoms with Crippen LogP contribution < -0.4 is 5.56 Å². The molecule has 0 radical (unpaired) electrons. The van der Waals surface area contributed by atoms with E-state index in [1.54, 1.807) is 23.1 Å². The Balaban J connectivity index is 1.19. The molecule has 4 heterocycles. The minimum atomic E-state index is -4.86. The van der Waals surface area contributed by atoms with Crippen molar-refractivity contribution in [3.63, 3.8) is 0 Å². The van der Waals surface area contributed by atoms with Crippen LogP contribution in [0.15, 0.2) is 45.8 Å². The van der Waals surface area contributed by atoms with Gasteiger partial charge in [-0.15, -0.1) is 11.3 Å². The fourth-order valence-corrected chi connectivity index (χ4v) is 6.25. The predicted octanol–water partition coefficient (Wildman–Crippen LogP) is 6.56. The van der Waals surface area contributed by atoms with Crippen molar-refractivity contribution in [2.45, 2.75) is 44.0 Å². The third kappa shape index (κ3) is 6.11. The zero-order valence-electron chi connectivity index (χ0n) is 20.1. The Bertz CT molecular complexity index is 1500. The van der Waals surface area contributed by atoms with Crippen LogP contribution in [0.3, 0.4) is 0 Å². The molecule has 3 aromatic rings. The first kappa shape index (κ1) is 27.9. The van der Waals surface area contributed by atoms with Crippen LogP contribution in [0.5, 0.6) is 0 Å². The number of nitrogens with zero attached hydrogens (tertiary/aromatic N) is 4. The molecule has 2 aromatic heterocycles. The molecular weight excluding hydrogens is 600 g/mol. The molecule has 14 heteroatoms. The lowest BCUT2D eigenvalue weighted by molar-refractivity contribution is -0.139. The van der Waals surface area contributed by atoms with Gasteiger partial charge in [0.05, 0.1) is 15.7 Å². The molecule has 1 atom stereocenters. The number of hydrogen-bond acceptors (Lipinski definition) is 6. The molecule has 0 bridgehead atoms. The summed E-state index contributed by atoms with van der Waals surface area (Å²) in [6, 6.07) is 5.74. The number of piperidine rings is 1. The van der Waals surface area contributed by atoms with Crippen molar-refractivity contribution >= 4 is 57.8 Å². The smallest absolute Gasteiger partial charge is 0.387 e. The van der Waals surface area contributed by atoms with Gasteiger partial charge in [0.1, 0.15) is 17.8 Å². The highest BCUT2D eigenvalue weighted by molar-refractivity contribution is 7.10. The van der Waals surface area contributed by atoms with Gasteiger partial charge in [0.25, 0.3) is 5.56 Å². The predicted molar refractivity (Wildman–Crippen MR) is 143 cm³/mol. The van der Waals surface area contributed by atoms with E-state index in [0.717, 1.165) is 22.5 Å². The summed E-state index contributed by atoms with van der Waals surface area (Å²) in [4.78, 5) is 36.9. The first-order valence-electron chi connectivity index (χ1n) is 11.9. The molecule has 0 saturated carbocycles. The van der Waals surface area contributed by atoms with Crippen LogP contribution in [-0.4, -0.2) is 39.2 Å². The summed E-state index contributed by atoms with van der Waals surface area (Å²) < 4.78 is 40.1. The van der Waals surface area contributed by atoms with E-state index in [-0.39, 0.29) is 17.0 Å². The van der Waals surface area contributed by atoms with Crippen molar-refractivity contribution in [3.8, 4) is 0 Å². The van der Waals surface area contributed by atoms with Gasteiger partial charge in [-0.1, -0.05) is 40.0 Å². The number of likely N-dealkylation sites (tertiary alicyclic amines) is 1. The zero-order valence-corrected chi connectivity index (χ0v) is 23.1. The van der Waals surface area contributed by atoms with E-state index < -0.39 is 29.8 Å². The molecule has 39 heavy (non-hydrogen) atoms. The minimum absolute atomic E-state index is 0.111. The molecule has 2 aliphatic heterocycles. The number of halogens is 6. The second-order valence-corrected chi connectivity index (χ2v) is 11.4. The van der Waals surface area contributed by atoms with Crippen LogP contribution in [0.4, 0.5) is 13.2 Å². The lowest BCUT2D eigenvalue weighted by atomic mass is 9.97. The molecule has 1 fully saturated rings. The lowest BCUT2D eigenvalue weighted by Crippen LogP contribution is -2.41. The van der Waals surface area contributed by atoms with Gasteiger partial charge in [-0.2, -0.15) is 13.2 Å². The Hall–Kier alpha value is -2.60. The number of carbonyl (C=O) groups is 1. The number of alkyl halides is 3. The van der Waals surface area contributed by atoms with Gasteiger partial charge in [-0.25, -0.2) is 4.98 Å². The third-order valence-electron chi connectivity index (χ3n) is 6.65. The highest BCUT2D eigenvalue weighted by atomic mass is 35.5. The van der Waals surface area contributed by atoms with Gasteiger partial charge in [0.2, 0.25) is 5.91 Å². The average molecular weight is 620 g/mol. The van der Waals surface area contributed by atoms with Crippen LogP contribution in [0, 0.1) is 0 Å². The van der Waals surface area contributed by atoms with Crippen molar-refractivity contribution in [3.05, 3.63) is 83.1 Å². The van der Waals surface area contributed by atoms with E-state index in [1.807, 2.05) is 5.38 Å². The number of benzene rings is 1.